The smallest absolute Gasteiger partial charge is 0.326 e. The van der Waals surface area contributed by atoms with Gasteiger partial charge in [-0.1, -0.05) is 29.8 Å². The van der Waals surface area contributed by atoms with Gasteiger partial charge in [0.2, 0.25) is 0 Å². The summed E-state index contributed by atoms with van der Waals surface area (Å²) in [6.07, 6.45) is -0.991. The van der Waals surface area contributed by atoms with Gasteiger partial charge in [0.15, 0.2) is 6.10 Å². The van der Waals surface area contributed by atoms with Gasteiger partial charge in [0.1, 0.15) is 6.54 Å². The molecular formula is C19H19ClN2O4. The molecule has 0 bridgehead atoms. The molecule has 0 aliphatic heterocycles. The molecule has 2 rings (SSSR count). The van der Waals surface area contributed by atoms with Crippen molar-refractivity contribution in [3.63, 3.8) is 0 Å². The second-order valence-electron chi connectivity index (χ2n) is 5.63. The standard InChI is InChI=1S/C19H19ClN2O4/c1-12-5-3-4-6-16(12)22-18(24)13(2)26-17(23)11-21-19(25)14-7-9-15(20)10-8-14/h3-10,13H,11H2,1-2H3,(H,21,25)(H,22,24)/t13-/m0/s1. The summed E-state index contributed by atoms with van der Waals surface area (Å²) in [4.78, 5) is 35.9. The van der Waals surface area contributed by atoms with Crippen LogP contribution in [0.1, 0.15) is 22.8 Å². The van der Waals surface area contributed by atoms with Crippen molar-refractivity contribution in [2.75, 3.05) is 11.9 Å². The van der Waals surface area contributed by atoms with E-state index in [1.807, 2.05) is 19.1 Å². The van der Waals surface area contributed by atoms with Crippen LogP contribution in [-0.2, 0) is 14.3 Å². The Morgan fingerprint density at radius 1 is 1.08 bits per heavy atom. The summed E-state index contributed by atoms with van der Waals surface area (Å²) in [5, 5.41) is 5.64. The number of esters is 1. The predicted octanol–water partition coefficient (Wildman–Crippen LogP) is 2.95. The Bertz CT molecular complexity index is 805. The van der Waals surface area contributed by atoms with E-state index in [0.29, 0.717) is 16.3 Å². The number of amides is 2. The summed E-state index contributed by atoms with van der Waals surface area (Å²) in [7, 11) is 0. The van der Waals surface area contributed by atoms with Crippen molar-refractivity contribution in [3.05, 3.63) is 64.7 Å². The molecule has 2 aromatic rings. The molecule has 0 heterocycles. The van der Waals surface area contributed by atoms with Crippen molar-refractivity contribution in [3.8, 4) is 0 Å². The van der Waals surface area contributed by atoms with Crippen molar-refractivity contribution in [2.45, 2.75) is 20.0 Å². The fourth-order valence-corrected chi connectivity index (χ4v) is 2.22. The lowest BCUT2D eigenvalue weighted by Crippen LogP contribution is -2.35. The number of carbonyl (C=O) groups excluding carboxylic acids is 3. The number of anilines is 1. The van der Waals surface area contributed by atoms with Crippen LogP contribution in [0, 0.1) is 6.92 Å². The van der Waals surface area contributed by atoms with Crippen LogP contribution in [-0.4, -0.2) is 30.4 Å². The number of ether oxygens (including phenoxy) is 1. The molecule has 2 N–H and O–H groups in total. The van der Waals surface area contributed by atoms with Gasteiger partial charge in [0, 0.05) is 16.3 Å². The van der Waals surface area contributed by atoms with Crippen LogP contribution in [0.4, 0.5) is 5.69 Å². The SMILES string of the molecule is Cc1ccccc1NC(=O)[C@H](C)OC(=O)CNC(=O)c1ccc(Cl)cc1. The molecule has 0 aliphatic rings. The number of rotatable bonds is 6. The fourth-order valence-electron chi connectivity index (χ4n) is 2.10. The van der Waals surface area contributed by atoms with Crippen LogP contribution < -0.4 is 10.6 Å². The number of hydrogen-bond acceptors (Lipinski definition) is 4. The first-order chi connectivity index (χ1) is 12.4. The number of nitrogens with one attached hydrogen (secondary N) is 2. The molecule has 0 fully saturated rings. The first kappa shape index (κ1) is 19.5. The molecule has 0 radical (unpaired) electrons. The van der Waals surface area contributed by atoms with E-state index in [9.17, 15) is 14.4 Å². The summed E-state index contributed by atoms with van der Waals surface area (Å²) >= 11 is 5.75. The zero-order valence-corrected chi connectivity index (χ0v) is 15.2. The molecule has 26 heavy (non-hydrogen) atoms. The summed E-state index contributed by atoms with van der Waals surface area (Å²) < 4.78 is 5.04. The van der Waals surface area contributed by atoms with Crippen molar-refractivity contribution in [2.24, 2.45) is 0 Å². The molecule has 6 nitrogen and oxygen atoms in total. The molecule has 0 unspecified atom stereocenters. The summed E-state index contributed by atoms with van der Waals surface area (Å²) in [6, 6.07) is 13.5. The summed E-state index contributed by atoms with van der Waals surface area (Å²) in [6.45, 7) is 2.98. The van der Waals surface area contributed by atoms with Crippen LogP contribution in [0.15, 0.2) is 48.5 Å². The van der Waals surface area contributed by atoms with E-state index < -0.39 is 23.9 Å². The van der Waals surface area contributed by atoms with Crippen LogP contribution >= 0.6 is 11.6 Å². The number of para-hydroxylation sites is 1. The minimum absolute atomic E-state index is 0.344. The van der Waals surface area contributed by atoms with E-state index in [2.05, 4.69) is 10.6 Å². The number of hydrogen-bond donors (Lipinski definition) is 2. The van der Waals surface area contributed by atoms with Crippen LogP contribution in [0.25, 0.3) is 0 Å². The molecule has 2 amide bonds. The largest absolute Gasteiger partial charge is 0.451 e. The Balaban J connectivity index is 1.81. The fraction of sp³-hybridized carbons (Fsp3) is 0.211. The second kappa shape index (κ2) is 9.01. The maximum atomic E-state index is 12.1. The Kier molecular flexibility index (Phi) is 6.74. The Morgan fingerprint density at radius 3 is 2.38 bits per heavy atom. The number of carbonyl (C=O) groups is 3. The molecule has 0 aromatic heterocycles. The highest BCUT2D eigenvalue weighted by Gasteiger charge is 2.19. The molecule has 0 saturated heterocycles. The molecule has 0 saturated carbocycles. The topological polar surface area (TPSA) is 84.5 Å². The second-order valence-corrected chi connectivity index (χ2v) is 6.06. The normalized spacial score (nSPS) is 11.3. The minimum atomic E-state index is -0.991. The molecule has 1 atom stereocenters. The van der Waals surface area contributed by atoms with Crippen molar-refractivity contribution < 1.29 is 19.1 Å². The van der Waals surface area contributed by atoms with Crippen LogP contribution in [0.5, 0.6) is 0 Å². The Hall–Kier alpha value is -2.86. The lowest BCUT2D eigenvalue weighted by Gasteiger charge is -2.15. The van der Waals surface area contributed by atoms with Crippen LogP contribution in [0.2, 0.25) is 5.02 Å². The van der Waals surface area contributed by atoms with Gasteiger partial charge in [-0.15, -0.1) is 0 Å². The van der Waals surface area contributed by atoms with Crippen LogP contribution in [0.3, 0.4) is 0 Å². The van der Waals surface area contributed by atoms with E-state index in [4.69, 9.17) is 16.3 Å². The maximum absolute atomic E-state index is 12.1. The van der Waals surface area contributed by atoms with Gasteiger partial charge in [-0.3, -0.25) is 14.4 Å². The van der Waals surface area contributed by atoms with Crippen molar-refractivity contribution in [1.82, 2.24) is 5.32 Å². The van der Waals surface area contributed by atoms with E-state index in [1.54, 1.807) is 36.4 Å². The average molecular weight is 375 g/mol. The summed E-state index contributed by atoms with van der Waals surface area (Å²) in [5.74, 6) is -1.59. The zero-order valence-electron chi connectivity index (χ0n) is 14.4. The van der Waals surface area contributed by atoms with E-state index >= 15 is 0 Å². The van der Waals surface area contributed by atoms with Gasteiger partial charge in [-0.05, 0) is 49.7 Å². The van der Waals surface area contributed by atoms with E-state index in [0.717, 1.165) is 5.56 Å². The van der Waals surface area contributed by atoms with Gasteiger partial charge in [0.05, 0.1) is 0 Å². The Morgan fingerprint density at radius 2 is 1.73 bits per heavy atom. The first-order valence-electron chi connectivity index (χ1n) is 7.96. The van der Waals surface area contributed by atoms with Gasteiger partial charge in [-0.2, -0.15) is 0 Å². The van der Waals surface area contributed by atoms with Gasteiger partial charge < -0.3 is 15.4 Å². The number of benzene rings is 2. The van der Waals surface area contributed by atoms with Gasteiger partial charge in [0.25, 0.3) is 11.8 Å². The average Bonchev–Trinajstić information content (AvgIpc) is 2.62. The lowest BCUT2D eigenvalue weighted by molar-refractivity contribution is -0.152. The van der Waals surface area contributed by atoms with E-state index in [1.165, 1.54) is 6.92 Å². The van der Waals surface area contributed by atoms with E-state index in [-0.39, 0.29) is 6.54 Å². The molecule has 7 heteroatoms. The highest BCUT2D eigenvalue weighted by atomic mass is 35.5. The molecule has 136 valence electrons. The maximum Gasteiger partial charge on any atom is 0.326 e. The quantitative estimate of drug-likeness (QED) is 0.761. The third-order valence-electron chi connectivity index (χ3n) is 3.58. The molecule has 0 spiro atoms. The van der Waals surface area contributed by atoms with Crippen molar-refractivity contribution >= 4 is 35.1 Å². The minimum Gasteiger partial charge on any atom is -0.451 e. The molecular weight excluding hydrogens is 356 g/mol. The zero-order chi connectivity index (χ0) is 19.1. The Labute approximate surface area is 156 Å². The summed E-state index contributed by atoms with van der Waals surface area (Å²) in [5.41, 5.74) is 1.92. The third-order valence-corrected chi connectivity index (χ3v) is 3.83. The number of aryl methyl sites for hydroxylation is 1. The first-order valence-corrected chi connectivity index (χ1v) is 8.34. The molecule has 0 aliphatic carbocycles. The monoisotopic (exact) mass is 374 g/mol. The third kappa shape index (κ3) is 5.60. The van der Waals surface area contributed by atoms with Crippen molar-refractivity contribution in [1.29, 1.82) is 0 Å². The molecule has 2 aromatic carbocycles. The lowest BCUT2D eigenvalue weighted by atomic mass is 10.2. The number of halogens is 1. The highest BCUT2D eigenvalue weighted by molar-refractivity contribution is 6.30. The highest BCUT2D eigenvalue weighted by Crippen LogP contribution is 2.14. The predicted molar refractivity (Wildman–Crippen MR) is 99.1 cm³/mol. The van der Waals surface area contributed by atoms with Gasteiger partial charge in [-0.25, -0.2) is 0 Å². The van der Waals surface area contributed by atoms with Gasteiger partial charge >= 0.3 is 5.97 Å².